The number of aromatic nitrogens is 4. The van der Waals surface area contributed by atoms with Gasteiger partial charge in [0.05, 0.1) is 18.0 Å². The number of benzene rings is 1. The topological polar surface area (TPSA) is 97.6 Å². The van der Waals surface area contributed by atoms with Gasteiger partial charge in [0.15, 0.2) is 5.65 Å². The highest BCUT2D eigenvalue weighted by Gasteiger charge is 2.26. The van der Waals surface area contributed by atoms with Crippen molar-refractivity contribution in [2.24, 2.45) is 0 Å². The van der Waals surface area contributed by atoms with Crippen molar-refractivity contribution >= 4 is 22.8 Å². The zero-order chi connectivity index (χ0) is 24.9. The Morgan fingerprint density at radius 2 is 2.00 bits per heavy atom. The molecule has 0 spiro atoms. The minimum Gasteiger partial charge on any atom is -0.474 e. The second kappa shape index (κ2) is 10.9. The number of nitrogens with one attached hydrogen (secondary N) is 1. The fourth-order valence-corrected chi connectivity index (χ4v) is 4.11. The molecule has 35 heavy (non-hydrogen) atoms. The normalized spacial score (nSPS) is 14.7. The maximum absolute atomic E-state index is 12.1. The van der Waals surface area contributed by atoms with E-state index in [4.69, 9.17) is 9.47 Å². The Labute approximate surface area is 206 Å². The predicted molar refractivity (Wildman–Crippen MR) is 135 cm³/mol. The molecule has 1 aliphatic heterocycles. The van der Waals surface area contributed by atoms with Crippen molar-refractivity contribution < 1.29 is 14.3 Å². The van der Waals surface area contributed by atoms with E-state index in [1.165, 1.54) is 6.33 Å². The molecule has 1 N–H and O–H groups in total. The van der Waals surface area contributed by atoms with Crippen LogP contribution in [0.5, 0.6) is 5.88 Å². The zero-order valence-electron chi connectivity index (χ0n) is 21.2. The largest absolute Gasteiger partial charge is 0.474 e. The van der Waals surface area contributed by atoms with Crippen LogP contribution < -0.4 is 10.1 Å². The van der Waals surface area contributed by atoms with Crippen LogP contribution in [0, 0.1) is 6.92 Å². The average Bonchev–Trinajstić information content (AvgIpc) is 3.24. The first-order valence-corrected chi connectivity index (χ1v) is 12.1. The van der Waals surface area contributed by atoms with E-state index in [-0.39, 0.29) is 18.3 Å². The molecule has 0 radical (unpaired) electrons. The Bertz CT molecular complexity index is 1150. The van der Waals surface area contributed by atoms with Crippen LogP contribution in [-0.4, -0.2) is 88.1 Å². The van der Waals surface area contributed by atoms with Crippen molar-refractivity contribution in [3.05, 3.63) is 36.3 Å². The number of amides is 1. The van der Waals surface area contributed by atoms with Gasteiger partial charge in [-0.3, -0.25) is 0 Å². The fourth-order valence-electron chi connectivity index (χ4n) is 4.11. The Kier molecular flexibility index (Phi) is 7.70. The molecular weight excluding hydrogens is 446 g/mol. The van der Waals surface area contributed by atoms with E-state index in [1.807, 2.05) is 24.6 Å². The number of ether oxygens (including phenoxy) is 2. The number of carbonyl (C=O) groups is 1. The molecule has 0 saturated carbocycles. The smallest absolute Gasteiger partial charge is 0.410 e. The van der Waals surface area contributed by atoms with Crippen molar-refractivity contribution in [2.75, 3.05) is 45.6 Å². The van der Waals surface area contributed by atoms with Gasteiger partial charge in [-0.15, -0.1) is 0 Å². The van der Waals surface area contributed by atoms with E-state index < -0.39 is 0 Å². The van der Waals surface area contributed by atoms with E-state index in [9.17, 15) is 4.79 Å². The molecule has 2 aromatic heterocycles. The third-order valence-corrected chi connectivity index (χ3v) is 5.96. The maximum Gasteiger partial charge on any atom is 0.410 e. The first kappa shape index (κ1) is 24.7. The minimum absolute atomic E-state index is 0.0335. The number of carbonyl (C=O) groups excluding carboxylic acids is 1. The molecule has 0 unspecified atom stereocenters. The summed E-state index contributed by atoms with van der Waals surface area (Å²) in [7, 11) is 4.12. The molecule has 1 saturated heterocycles. The van der Waals surface area contributed by atoms with Crippen LogP contribution in [0.1, 0.15) is 32.3 Å². The lowest BCUT2D eigenvalue weighted by Crippen LogP contribution is -2.42. The number of rotatable bonds is 8. The molecule has 10 nitrogen and oxygen atoms in total. The van der Waals surface area contributed by atoms with Crippen LogP contribution in [0.25, 0.3) is 16.7 Å². The monoisotopic (exact) mass is 481 g/mol. The molecule has 1 aromatic carbocycles. The summed E-state index contributed by atoms with van der Waals surface area (Å²) < 4.78 is 13.4. The quantitative estimate of drug-likeness (QED) is 0.522. The van der Waals surface area contributed by atoms with Gasteiger partial charge in [0.2, 0.25) is 5.88 Å². The first-order valence-electron chi connectivity index (χ1n) is 12.1. The van der Waals surface area contributed by atoms with Gasteiger partial charge in [0.1, 0.15) is 17.8 Å². The van der Waals surface area contributed by atoms with Gasteiger partial charge in [-0.25, -0.2) is 19.4 Å². The number of nitrogens with zero attached hydrogens (tertiary/aromatic N) is 6. The molecule has 1 aliphatic rings. The van der Waals surface area contributed by atoms with E-state index in [0.717, 1.165) is 35.4 Å². The highest BCUT2D eigenvalue weighted by molar-refractivity contribution is 5.81. The summed E-state index contributed by atoms with van der Waals surface area (Å²) in [6.07, 6.45) is 4.27. The molecule has 1 fully saturated rings. The molecular formula is C25H35N7O3. The van der Waals surface area contributed by atoms with Crippen LogP contribution in [0.4, 0.5) is 10.5 Å². The standard InChI is InChI=1S/C25H35N7O3/c1-17(2)34-25(33)31-11-8-20(9-12-31)35-24-21-15-29-32(23(21)27-16-28-24)22-7-6-19(14-18(22)3)26-10-13-30(4)5/h6-7,14-17,20,26H,8-13H2,1-5H3. The molecule has 0 atom stereocenters. The SMILES string of the molecule is Cc1cc(NCCN(C)C)ccc1-n1ncc2c(OC3CCN(C(=O)OC(C)C)CC3)ncnc21. The summed E-state index contributed by atoms with van der Waals surface area (Å²) in [6.45, 7) is 8.81. The molecule has 3 aromatic rings. The van der Waals surface area contributed by atoms with Gasteiger partial charge in [-0.05, 0) is 58.6 Å². The number of likely N-dealkylation sites (N-methyl/N-ethyl adjacent to an activating group) is 1. The minimum atomic E-state index is -0.265. The second-order valence-electron chi connectivity index (χ2n) is 9.44. The summed E-state index contributed by atoms with van der Waals surface area (Å²) in [5.74, 6) is 0.518. The number of hydrogen-bond acceptors (Lipinski definition) is 8. The molecule has 1 amide bonds. The number of likely N-dealkylation sites (tertiary alicyclic amines) is 1. The lowest BCUT2D eigenvalue weighted by atomic mass is 10.1. The number of piperidine rings is 1. The number of fused-ring (bicyclic) bond motifs is 1. The van der Waals surface area contributed by atoms with Crippen LogP contribution in [0.3, 0.4) is 0 Å². The van der Waals surface area contributed by atoms with Gasteiger partial charge in [-0.2, -0.15) is 5.10 Å². The molecule has 10 heteroatoms. The lowest BCUT2D eigenvalue weighted by molar-refractivity contribution is 0.0511. The summed E-state index contributed by atoms with van der Waals surface area (Å²) >= 11 is 0. The molecule has 4 rings (SSSR count). The van der Waals surface area contributed by atoms with Crippen molar-refractivity contribution in [3.63, 3.8) is 0 Å². The molecule has 188 valence electrons. The van der Waals surface area contributed by atoms with Crippen molar-refractivity contribution in [1.29, 1.82) is 0 Å². The van der Waals surface area contributed by atoms with Crippen molar-refractivity contribution in [2.45, 2.75) is 45.8 Å². The van der Waals surface area contributed by atoms with E-state index in [0.29, 0.717) is 37.5 Å². The van der Waals surface area contributed by atoms with Gasteiger partial charge in [-0.1, -0.05) is 0 Å². The number of hydrogen-bond donors (Lipinski definition) is 1. The summed E-state index contributed by atoms with van der Waals surface area (Å²) in [6, 6.07) is 6.23. The Balaban J connectivity index is 1.45. The van der Waals surface area contributed by atoms with Gasteiger partial charge in [0.25, 0.3) is 0 Å². The summed E-state index contributed by atoms with van der Waals surface area (Å²) in [5, 5.41) is 8.81. The maximum atomic E-state index is 12.1. The molecule has 3 heterocycles. The Morgan fingerprint density at radius 1 is 1.23 bits per heavy atom. The first-order chi connectivity index (χ1) is 16.8. The lowest BCUT2D eigenvalue weighted by Gasteiger charge is -2.31. The van der Waals surface area contributed by atoms with Crippen molar-refractivity contribution in [3.8, 4) is 11.6 Å². The molecule has 0 bridgehead atoms. The highest BCUT2D eigenvalue weighted by Crippen LogP contribution is 2.28. The van der Waals surface area contributed by atoms with E-state index in [2.05, 4.69) is 58.4 Å². The predicted octanol–water partition coefficient (Wildman–Crippen LogP) is 3.49. The molecule has 0 aliphatic carbocycles. The third kappa shape index (κ3) is 6.00. The van der Waals surface area contributed by atoms with Crippen LogP contribution in [-0.2, 0) is 4.74 Å². The third-order valence-electron chi connectivity index (χ3n) is 5.96. The second-order valence-corrected chi connectivity index (χ2v) is 9.44. The van der Waals surface area contributed by atoms with Gasteiger partial charge < -0.3 is 24.6 Å². The Hall–Kier alpha value is -3.40. The summed E-state index contributed by atoms with van der Waals surface area (Å²) in [5.41, 5.74) is 3.82. The van der Waals surface area contributed by atoms with Gasteiger partial charge in [0, 0.05) is 44.7 Å². The average molecular weight is 482 g/mol. The van der Waals surface area contributed by atoms with Crippen molar-refractivity contribution in [1.82, 2.24) is 29.5 Å². The summed E-state index contributed by atoms with van der Waals surface area (Å²) in [4.78, 5) is 24.9. The van der Waals surface area contributed by atoms with Crippen LogP contribution in [0.2, 0.25) is 0 Å². The Morgan fingerprint density at radius 3 is 2.69 bits per heavy atom. The van der Waals surface area contributed by atoms with Crippen LogP contribution >= 0.6 is 0 Å². The number of aryl methyl sites for hydroxylation is 1. The van der Waals surface area contributed by atoms with Crippen LogP contribution in [0.15, 0.2) is 30.7 Å². The van der Waals surface area contributed by atoms with E-state index in [1.54, 1.807) is 11.1 Å². The highest BCUT2D eigenvalue weighted by atomic mass is 16.6. The van der Waals surface area contributed by atoms with Gasteiger partial charge >= 0.3 is 6.09 Å². The fraction of sp³-hybridized carbons (Fsp3) is 0.520. The zero-order valence-corrected chi connectivity index (χ0v) is 21.2. The van der Waals surface area contributed by atoms with E-state index >= 15 is 0 Å². The number of anilines is 1.